The first-order chi connectivity index (χ1) is 11.5. The first-order valence-electron chi connectivity index (χ1n) is 7.32. The minimum atomic E-state index is -0.971. The second-order valence-electron chi connectivity index (χ2n) is 5.87. The number of fused-ring (bicyclic) bond motifs is 2. The summed E-state index contributed by atoms with van der Waals surface area (Å²) in [6, 6.07) is 0. The van der Waals surface area contributed by atoms with Gasteiger partial charge < -0.3 is 29.8 Å². The Bertz CT molecular complexity index is 836. The summed E-state index contributed by atoms with van der Waals surface area (Å²) in [6.45, 7) is 0.635. The van der Waals surface area contributed by atoms with Gasteiger partial charge in [0.1, 0.15) is 17.8 Å². The van der Waals surface area contributed by atoms with Crippen molar-refractivity contribution in [3.63, 3.8) is 0 Å². The Morgan fingerprint density at radius 3 is 3.04 bits per heavy atom. The van der Waals surface area contributed by atoms with Gasteiger partial charge in [0.15, 0.2) is 17.4 Å². The molecule has 2 saturated heterocycles. The van der Waals surface area contributed by atoms with Crippen LogP contribution in [0.5, 0.6) is 0 Å². The number of aromatic amines is 1. The van der Waals surface area contributed by atoms with Crippen molar-refractivity contribution in [2.45, 2.75) is 37.4 Å². The molecule has 0 bridgehead atoms. The fraction of sp³-hybridized carbons (Fsp3) is 0.615. The molecule has 0 saturated carbocycles. The predicted octanol–water partition coefficient (Wildman–Crippen LogP) is -1.30. The lowest BCUT2D eigenvalue weighted by Gasteiger charge is -2.28. The van der Waals surface area contributed by atoms with E-state index in [0.29, 0.717) is 0 Å². The van der Waals surface area contributed by atoms with E-state index in [4.69, 9.17) is 24.7 Å². The smallest absolute Gasteiger partial charge is 0.280 e. The molecule has 2 aromatic heterocycles. The van der Waals surface area contributed by atoms with Crippen LogP contribution in [0.4, 0.5) is 5.95 Å². The predicted molar refractivity (Wildman–Crippen MR) is 78.7 cm³/mol. The van der Waals surface area contributed by atoms with Gasteiger partial charge in [0.25, 0.3) is 12.0 Å². The molecule has 2 aromatic rings. The molecule has 0 amide bonds. The molecular weight excluding hydrogens is 322 g/mol. The second kappa shape index (κ2) is 5.22. The third-order valence-electron chi connectivity index (χ3n) is 4.38. The number of nitrogens with one attached hydrogen (secondary N) is 1. The molecule has 0 aromatic carbocycles. The summed E-state index contributed by atoms with van der Waals surface area (Å²) in [5, 5.41) is 9.59. The summed E-state index contributed by atoms with van der Waals surface area (Å²) in [4.78, 5) is 22.5. The standard InChI is InChI=1S/C13H17N5O6/c1-13-7(23-12(21-2)24-13)5(3-19)22-10(13)18-4-15-6-8(18)16-11(14)17-9(6)20/h4-5,7,10,12,19H,3H2,1-2H3,(H3,14,16,17,20)/t5-,7?,10-,12?,13+/m1/s1. The molecule has 11 heteroatoms. The number of aromatic nitrogens is 4. The quantitative estimate of drug-likeness (QED) is 0.620. The van der Waals surface area contributed by atoms with E-state index >= 15 is 0 Å². The van der Waals surface area contributed by atoms with Crippen molar-refractivity contribution in [1.29, 1.82) is 0 Å². The highest BCUT2D eigenvalue weighted by Crippen LogP contribution is 2.48. The van der Waals surface area contributed by atoms with E-state index < -0.39 is 36.1 Å². The minimum absolute atomic E-state index is 0.0361. The van der Waals surface area contributed by atoms with E-state index in [-0.39, 0.29) is 23.7 Å². The summed E-state index contributed by atoms with van der Waals surface area (Å²) >= 11 is 0. The van der Waals surface area contributed by atoms with Crippen LogP contribution in [0.1, 0.15) is 13.2 Å². The second-order valence-corrected chi connectivity index (χ2v) is 5.87. The fourth-order valence-corrected chi connectivity index (χ4v) is 3.28. The molecule has 0 spiro atoms. The molecule has 4 heterocycles. The highest BCUT2D eigenvalue weighted by molar-refractivity contribution is 5.70. The number of H-pyrrole nitrogens is 1. The molecule has 4 rings (SSSR count). The number of methoxy groups -OCH3 is 1. The maximum absolute atomic E-state index is 11.9. The maximum Gasteiger partial charge on any atom is 0.280 e. The summed E-state index contributed by atoms with van der Waals surface area (Å²) in [6.07, 6.45) is -0.507. The van der Waals surface area contributed by atoms with Crippen LogP contribution in [-0.4, -0.2) is 62.6 Å². The molecule has 2 aliphatic heterocycles. The molecule has 2 aliphatic rings. The Kier molecular flexibility index (Phi) is 3.37. The molecular formula is C13H17N5O6. The van der Waals surface area contributed by atoms with Crippen LogP contribution in [0.15, 0.2) is 11.1 Å². The van der Waals surface area contributed by atoms with E-state index in [9.17, 15) is 9.90 Å². The first-order valence-corrected chi connectivity index (χ1v) is 7.32. The summed E-state index contributed by atoms with van der Waals surface area (Å²) in [5.41, 5.74) is 4.58. The molecule has 5 atom stereocenters. The van der Waals surface area contributed by atoms with Crippen LogP contribution in [0.25, 0.3) is 11.2 Å². The zero-order valence-corrected chi connectivity index (χ0v) is 13.0. The molecule has 2 fully saturated rings. The number of aliphatic hydroxyl groups is 1. The highest BCUT2D eigenvalue weighted by atomic mass is 16.9. The van der Waals surface area contributed by atoms with Crippen molar-refractivity contribution >= 4 is 17.1 Å². The number of nitrogens with zero attached hydrogens (tertiary/aromatic N) is 3. The molecule has 0 aliphatic carbocycles. The van der Waals surface area contributed by atoms with Crippen molar-refractivity contribution in [2.75, 3.05) is 19.5 Å². The lowest BCUT2D eigenvalue weighted by atomic mass is 9.96. The Hall–Kier alpha value is -2.05. The van der Waals surface area contributed by atoms with Crippen molar-refractivity contribution < 1.29 is 24.1 Å². The van der Waals surface area contributed by atoms with E-state index in [1.54, 1.807) is 11.5 Å². The average molecular weight is 339 g/mol. The number of ether oxygens (including phenoxy) is 4. The van der Waals surface area contributed by atoms with Gasteiger partial charge in [0, 0.05) is 7.11 Å². The zero-order chi connectivity index (χ0) is 17.1. The van der Waals surface area contributed by atoms with Crippen LogP contribution in [0, 0.1) is 0 Å². The molecule has 4 N–H and O–H groups in total. The van der Waals surface area contributed by atoms with Gasteiger partial charge in [-0.3, -0.25) is 14.3 Å². The fourth-order valence-electron chi connectivity index (χ4n) is 3.28. The number of anilines is 1. The van der Waals surface area contributed by atoms with Gasteiger partial charge >= 0.3 is 0 Å². The van der Waals surface area contributed by atoms with Gasteiger partial charge in [-0.2, -0.15) is 4.98 Å². The van der Waals surface area contributed by atoms with Gasteiger partial charge in [-0.25, -0.2) is 4.98 Å². The van der Waals surface area contributed by atoms with Crippen LogP contribution < -0.4 is 11.3 Å². The van der Waals surface area contributed by atoms with Crippen molar-refractivity contribution in [2.24, 2.45) is 0 Å². The normalized spacial score (nSPS) is 35.6. The molecule has 2 unspecified atom stereocenters. The molecule has 24 heavy (non-hydrogen) atoms. The van der Waals surface area contributed by atoms with E-state index in [2.05, 4.69) is 15.0 Å². The molecule has 130 valence electrons. The van der Waals surface area contributed by atoms with Gasteiger partial charge in [-0.15, -0.1) is 0 Å². The van der Waals surface area contributed by atoms with Crippen LogP contribution in [0.2, 0.25) is 0 Å². The SMILES string of the molecule is COC1OC2[C@@H](CO)O[C@@H](n3cnc4c(=O)[nH]c(N)nc43)[C@@]2(C)O1. The topological polar surface area (TPSA) is 147 Å². The number of hydrogen-bond acceptors (Lipinski definition) is 9. The third kappa shape index (κ3) is 1.99. The lowest BCUT2D eigenvalue weighted by Crippen LogP contribution is -2.42. The van der Waals surface area contributed by atoms with E-state index in [1.807, 2.05) is 0 Å². The Morgan fingerprint density at radius 2 is 2.33 bits per heavy atom. The van der Waals surface area contributed by atoms with Gasteiger partial charge in [0.05, 0.1) is 12.9 Å². The number of nitrogens with two attached hydrogens (primary N) is 1. The van der Waals surface area contributed by atoms with Crippen molar-refractivity contribution in [3.8, 4) is 0 Å². The third-order valence-corrected chi connectivity index (χ3v) is 4.38. The van der Waals surface area contributed by atoms with Gasteiger partial charge in [-0.05, 0) is 6.92 Å². The van der Waals surface area contributed by atoms with Crippen molar-refractivity contribution in [1.82, 2.24) is 19.5 Å². The number of aliphatic hydroxyl groups excluding tert-OH is 1. The Morgan fingerprint density at radius 1 is 1.54 bits per heavy atom. The van der Waals surface area contributed by atoms with Crippen molar-refractivity contribution in [3.05, 3.63) is 16.7 Å². The van der Waals surface area contributed by atoms with Gasteiger partial charge in [-0.1, -0.05) is 0 Å². The largest absolute Gasteiger partial charge is 0.394 e. The maximum atomic E-state index is 11.9. The average Bonchev–Trinajstić information content (AvgIpc) is 3.17. The molecule has 11 nitrogen and oxygen atoms in total. The number of rotatable bonds is 3. The van der Waals surface area contributed by atoms with E-state index in [1.165, 1.54) is 13.4 Å². The van der Waals surface area contributed by atoms with Crippen LogP contribution >= 0.6 is 0 Å². The first kappa shape index (κ1) is 15.5. The zero-order valence-electron chi connectivity index (χ0n) is 13.0. The number of hydrogen-bond donors (Lipinski definition) is 3. The monoisotopic (exact) mass is 339 g/mol. The Labute approximate surface area is 135 Å². The Balaban J connectivity index is 1.83. The van der Waals surface area contributed by atoms with Gasteiger partial charge in [0.2, 0.25) is 5.95 Å². The summed E-state index contributed by atoms with van der Waals surface area (Å²) in [7, 11) is 1.45. The molecule has 0 radical (unpaired) electrons. The van der Waals surface area contributed by atoms with Crippen LogP contribution in [0.3, 0.4) is 0 Å². The highest BCUT2D eigenvalue weighted by Gasteiger charge is 2.62. The number of nitrogen functional groups attached to an aromatic ring is 1. The van der Waals surface area contributed by atoms with E-state index in [0.717, 1.165) is 0 Å². The summed E-state index contributed by atoms with van der Waals surface area (Å²) < 4.78 is 24.0. The lowest BCUT2D eigenvalue weighted by molar-refractivity contribution is -0.269. The number of imidazole rings is 1. The minimum Gasteiger partial charge on any atom is -0.394 e. The summed E-state index contributed by atoms with van der Waals surface area (Å²) in [5.74, 6) is -0.0361. The van der Waals surface area contributed by atoms with Crippen LogP contribution in [-0.2, 0) is 18.9 Å².